The average Bonchev–Trinajstić information content (AvgIpc) is 2.50. The number of aryl methyl sites for hydroxylation is 1. The van der Waals surface area contributed by atoms with E-state index in [1.807, 2.05) is 0 Å². The van der Waals surface area contributed by atoms with E-state index in [9.17, 15) is 24.6 Å². The van der Waals surface area contributed by atoms with Gasteiger partial charge in [-0.25, -0.2) is 0 Å². The SMILES string of the molecule is CCc1cc(O)c2c(c1C(C)=O)C(=O)c1cccc(O)c1C2=O. The maximum Gasteiger partial charge on any atom is 0.201 e. The molecule has 0 atom stereocenters. The summed E-state index contributed by atoms with van der Waals surface area (Å²) in [6.07, 6.45) is 0.435. The summed E-state index contributed by atoms with van der Waals surface area (Å²) in [7, 11) is 0. The van der Waals surface area contributed by atoms with E-state index in [2.05, 4.69) is 0 Å². The highest BCUT2D eigenvalue weighted by molar-refractivity contribution is 6.32. The van der Waals surface area contributed by atoms with Gasteiger partial charge in [-0.1, -0.05) is 19.1 Å². The van der Waals surface area contributed by atoms with Gasteiger partial charge in [-0.05, 0) is 31.0 Å². The Hall–Kier alpha value is -2.95. The van der Waals surface area contributed by atoms with Crippen molar-refractivity contribution < 1.29 is 24.6 Å². The number of aromatic hydroxyl groups is 2. The van der Waals surface area contributed by atoms with Gasteiger partial charge in [-0.3, -0.25) is 14.4 Å². The van der Waals surface area contributed by atoms with Crippen molar-refractivity contribution in [2.75, 3.05) is 0 Å². The Morgan fingerprint density at radius 3 is 2.30 bits per heavy atom. The van der Waals surface area contributed by atoms with Gasteiger partial charge in [0.25, 0.3) is 0 Å². The maximum absolute atomic E-state index is 12.8. The first-order valence-electron chi connectivity index (χ1n) is 7.19. The Morgan fingerprint density at radius 2 is 1.70 bits per heavy atom. The molecule has 0 aliphatic heterocycles. The van der Waals surface area contributed by atoms with Crippen LogP contribution >= 0.6 is 0 Å². The van der Waals surface area contributed by atoms with Crippen molar-refractivity contribution in [1.29, 1.82) is 0 Å². The van der Waals surface area contributed by atoms with Crippen LogP contribution in [0, 0.1) is 0 Å². The van der Waals surface area contributed by atoms with Crippen LogP contribution in [-0.4, -0.2) is 27.6 Å². The third-order valence-corrected chi connectivity index (χ3v) is 4.09. The monoisotopic (exact) mass is 310 g/mol. The van der Waals surface area contributed by atoms with Crippen LogP contribution in [-0.2, 0) is 6.42 Å². The van der Waals surface area contributed by atoms with Gasteiger partial charge in [0.05, 0.1) is 11.1 Å². The number of Topliss-reactive ketones (excluding diaryl/α,β-unsaturated/α-hetero) is 1. The number of carbonyl (C=O) groups excluding carboxylic acids is 3. The highest BCUT2D eigenvalue weighted by Crippen LogP contribution is 2.39. The molecule has 0 bridgehead atoms. The van der Waals surface area contributed by atoms with Crippen LogP contribution in [0.1, 0.15) is 61.6 Å². The van der Waals surface area contributed by atoms with Crippen molar-refractivity contribution in [3.63, 3.8) is 0 Å². The van der Waals surface area contributed by atoms with Gasteiger partial charge in [-0.2, -0.15) is 0 Å². The summed E-state index contributed by atoms with van der Waals surface area (Å²) >= 11 is 0. The first-order chi connectivity index (χ1) is 10.9. The molecular formula is C18H14O5. The number of phenolic OH excluding ortho intramolecular Hbond substituents is 2. The number of hydrogen-bond donors (Lipinski definition) is 2. The van der Waals surface area contributed by atoms with Crippen molar-refractivity contribution >= 4 is 17.3 Å². The molecule has 2 N–H and O–H groups in total. The zero-order chi connectivity index (χ0) is 16.9. The molecule has 1 aliphatic rings. The highest BCUT2D eigenvalue weighted by atomic mass is 16.3. The van der Waals surface area contributed by atoms with E-state index in [-0.39, 0.29) is 45.1 Å². The Morgan fingerprint density at radius 1 is 1.00 bits per heavy atom. The molecule has 0 saturated carbocycles. The summed E-state index contributed by atoms with van der Waals surface area (Å²) in [5, 5.41) is 20.1. The zero-order valence-corrected chi connectivity index (χ0v) is 12.6. The van der Waals surface area contributed by atoms with Gasteiger partial charge >= 0.3 is 0 Å². The fourth-order valence-electron chi connectivity index (χ4n) is 3.09. The molecule has 0 heterocycles. The van der Waals surface area contributed by atoms with Gasteiger partial charge in [0, 0.05) is 16.7 Å². The van der Waals surface area contributed by atoms with Crippen LogP contribution in [0.3, 0.4) is 0 Å². The molecule has 3 rings (SSSR count). The molecule has 0 fully saturated rings. The molecule has 0 aromatic heterocycles. The molecule has 0 amide bonds. The second-order valence-electron chi connectivity index (χ2n) is 5.45. The third-order valence-electron chi connectivity index (χ3n) is 4.09. The lowest BCUT2D eigenvalue weighted by Crippen LogP contribution is -2.25. The van der Waals surface area contributed by atoms with E-state index < -0.39 is 11.6 Å². The minimum atomic E-state index is -0.657. The molecule has 0 saturated heterocycles. The molecule has 116 valence electrons. The lowest BCUT2D eigenvalue weighted by molar-refractivity contribution is 0.0963. The summed E-state index contributed by atoms with van der Waals surface area (Å²) < 4.78 is 0. The highest BCUT2D eigenvalue weighted by Gasteiger charge is 2.37. The molecule has 0 unspecified atom stereocenters. The molecular weight excluding hydrogens is 296 g/mol. The number of carbonyl (C=O) groups is 3. The first-order valence-corrected chi connectivity index (χ1v) is 7.19. The molecule has 0 radical (unpaired) electrons. The quantitative estimate of drug-likeness (QED) is 0.710. The Labute approximate surface area is 132 Å². The van der Waals surface area contributed by atoms with Crippen LogP contribution in [0.15, 0.2) is 24.3 Å². The number of benzene rings is 2. The fraction of sp³-hybridized carbons (Fsp3) is 0.167. The van der Waals surface area contributed by atoms with E-state index in [0.717, 1.165) is 0 Å². The number of ketones is 3. The Kier molecular flexibility index (Phi) is 3.29. The molecule has 23 heavy (non-hydrogen) atoms. The molecule has 0 spiro atoms. The lowest BCUT2D eigenvalue weighted by Gasteiger charge is -2.22. The smallest absolute Gasteiger partial charge is 0.201 e. The summed E-state index contributed by atoms with van der Waals surface area (Å²) in [6.45, 7) is 3.12. The van der Waals surface area contributed by atoms with Crippen molar-refractivity contribution in [1.82, 2.24) is 0 Å². The molecule has 1 aliphatic carbocycles. The van der Waals surface area contributed by atoms with Gasteiger partial charge in [-0.15, -0.1) is 0 Å². The number of rotatable bonds is 2. The van der Waals surface area contributed by atoms with Crippen LogP contribution in [0.2, 0.25) is 0 Å². The fourth-order valence-corrected chi connectivity index (χ4v) is 3.09. The van der Waals surface area contributed by atoms with Crippen LogP contribution in [0.4, 0.5) is 0 Å². The van der Waals surface area contributed by atoms with E-state index in [1.54, 1.807) is 6.92 Å². The van der Waals surface area contributed by atoms with Gasteiger partial charge in [0.1, 0.15) is 11.5 Å². The van der Waals surface area contributed by atoms with E-state index in [1.165, 1.54) is 31.2 Å². The number of hydrogen-bond acceptors (Lipinski definition) is 5. The molecule has 5 heteroatoms. The Balaban J connectivity index is 2.46. The molecule has 2 aromatic rings. The summed E-state index contributed by atoms with van der Waals surface area (Å²) in [4.78, 5) is 37.6. The maximum atomic E-state index is 12.8. The van der Waals surface area contributed by atoms with Crippen LogP contribution < -0.4 is 0 Å². The minimum Gasteiger partial charge on any atom is -0.507 e. The Bertz CT molecular complexity index is 893. The normalized spacial score (nSPS) is 12.8. The zero-order valence-electron chi connectivity index (χ0n) is 12.6. The van der Waals surface area contributed by atoms with Gasteiger partial charge < -0.3 is 10.2 Å². The topological polar surface area (TPSA) is 91.7 Å². The lowest BCUT2D eigenvalue weighted by atomic mass is 9.78. The molecule has 2 aromatic carbocycles. The van der Waals surface area contributed by atoms with E-state index >= 15 is 0 Å². The average molecular weight is 310 g/mol. The van der Waals surface area contributed by atoms with Gasteiger partial charge in [0.15, 0.2) is 11.6 Å². The van der Waals surface area contributed by atoms with E-state index in [0.29, 0.717) is 12.0 Å². The van der Waals surface area contributed by atoms with Crippen molar-refractivity contribution in [3.8, 4) is 11.5 Å². The van der Waals surface area contributed by atoms with Crippen molar-refractivity contribution in [3.05, 3.63) is 57.6 Å². The number of phenols is 2. The summed E-state index contributed by atoms with van der Waals surface area (Å²) in [5.74, 6) is -2.22. The van der Waals surface area contributed by atoms with Gasteiger partial charge in [0.2, 0.25) is 5.78 Å². The van der Waals surface area contributed by atoms with Crippen LogP contribution in [0.25, 0.3) is 0 Å². The van der Waals surface area contributed by atoms with E-state index in [4.69, 9.17) is 0 Å². The second-order valence-corrected chi connectivity index (χ2v) is 5.45. The summed E-state index contributed by atoms with van der Waals surface area (Å²) in [5.41, 5.74) is 0.284. The number of fused-ring (bicyclic) bond motifs is 2. The predicted molar refractivity (Wildman–Crippen MR) is 82.5 cm³/mol. The second kappa shape index (κ2) is 5.05. The summed E-state index contributed by atoms with van der Waals surface area (Å²) in [6, 6.07) is 5.53. The standard InChI is InChI=1S/C18H14O5/c1-3-9-7-12(21)15-16(13(9)8(2)19)17(22)10-5-4-6-11(20)14(10)18(15)23/h4-7,20-21H,3H2,1-2H3. The predicted octanol–water partition coefficient (Wildman–Crippen LogP) is 2.64. The molecule has 5 nitrogen and oxygen atoms in total. The van der Waals surface area contributed by atoms with Crippen molar-refractivity contribution in [2.45, 2.75) is 20.3 Å². The minimum absolute atomic E-state index is 0.0395. The van der Waals surface area contributed by atoms with Crippen molar-refractivity contribution in [2.24, 2.45) is 0 Å². The largest absolute Gasteiger partial charge is 0.507 e. The van der Waals surface area contributed by atoms with Crippen LogP contribution in [0.5, 0.6) is 11.5 Å². The third kappa shape index (κ3) is 1.97. The first kappa shape index (κ1) is 15.0.